The standard InChI is InChI=1S/C66H104N10O14/c1-16-42(8)58(74(13)65(85)56(40(4)5)71-64(84)57(41(6)7)73(11)12)51(88-14)37-54(79)76-33-21-24-50(76)59(89-15)43(9)60(80)69-49(36-45-22-18-17-19-23-45)62(82)72-90-38-46-27-29-48(30-28-46)68-61(81)44(10)67-63(83)55(39(2)3)70-52(77)25-20-26-53(78)75-34-31-47(32-35-75)66(86)87/h17-19,22-23,27-30,39-44,47,49-51,55-59H,16,20-21,24-26,31-38H2,1-15H3,(H,67,83)(H,68,81)(H,69,80)(H,70,77)(H,71,84)(H,72,82)(H,86,87)/t42-,43+,44+,49-,50-,51+,55+,56-,57-,58-,59+/m0/s1. The molecule has 0 bridgehead atoms. The molecule has 24 heteroatoms. The third-order valence-electron chi connectivity index (χ3n) is 17.5. The second-order valence-electron chi connectivity index (χ2n) is 25.5. The molecule has 2 aliphatic rings. The molecule has 0 aromatic heterocycles. The summed E-state index contributed by atoms with van der Waals surface area (Å²) in [6.45, 7) is 19.5. The van der Waals surface area contributed by atoms with E-state index >= 15 is 0 Å². The minimum Gasteiger partial charge on any atom is -0.481 e. The molecular formula is C66H104N10O14. The fraction of sp³-hybridized carbons (Fsp3) is 0.667. The molecule has 0 radical (unpaired) electrons. The average molecular weight is 1260 g/mol. The first-order valence-electron chi connectivity index (χ1n) is 31.9. The van der Waals surface area contributed by atoms with Crippen LogP contribution in [0.1, 0.15) is 138 Å². The number of aliphatic carboxylic acids is 1. The number of methoxy groups -OCH3 is 2. The molecule has 502 valence electrons. The highest BCUT2D eigenvalue weighted by Gasteiger charge is 2.44. The summed E-state index contributed by atoms with van der Waals surface area (Å²) in [7, 11) is 8.39. The molecular weight excluding hydrogens is 1160 g/mol. The molecule has 2 aromatic carbocycles. The van der Waals surface area contributed by atoms with Crippen molar-refractivity contribution in [3.8, 4) is 0 Å². The molecule has 2 saturated heterocycles. The van der Waals surface area contributed by atoms with Gasteiger partial charge in [-0.2, -0.15) is 0 Å². The van der Waals surface area contributed by atoms with Gasteiger partial charge in [-0.15, -0.1) is 0 Å². The second kappa shape index (κ2) is 36.7. The topological polar surface area (TPSA) is 304 Å². The number of anilines is 1. The van der Waals surface area contributed by atoms with E-state index in [0.717, 1.165) is 5.56 Å². The van der Waals surface area contributed by atoms with Crippen LogP contribution in [0.5, 0.6) is 0 Å². The first-order chi connectivity index (χ1) is 42.5. The van der Waals surface area contributed by atoms with Crippen LogP contribution in [-0.4, -0.2) is 193 Å². The lowest BCUT2D eigenvalue weighted by Gasteiger charge is -2.41. The minimum atomic E-state index is -1.09. The van der Waals surface area contributed by atoms with Crippen molar-refractivity contribution >= 4 is 64.8 Å². The lowest BCUT2D eigenvalue weighted by molar-refractivity contribution is -0.148. The molecule has 9 amide bonds. The number of hydrogen-bond acceptors (Lipinski definition) is 14. The van der Waals surface area contributed by atoms with Crippen LogP contribution in [0, 0.1) is 35.5 Å². The summed E-state index contributed by atoms with van der Waals surface area (Å²) >= 11 is 0. The van der Waals surface area contributed by atoms with Crippen molar-refractivity contribution in [2.24, 2.45) is 35.5 Å². The van der Waals surface area contributed by atoms with Gasteiger partial charge in [-0.3, -0.25) is 57.7 Å². The first-order valence-corrected chi connectivity index (χ1v) is 31.9. The van der Waals surface area contributed by atoms with Crippen molar-refractivity contribution < 1.29 is 67.4 Å². The number of amides is 9. The van der Waals surface area contributed by atoms with Crippen molar-refractivity contribution in [3.05, 3.63) is 65.7 Å². The number of carbonyl (C=O) groups excluding carboxylic acids is 9. The van der Waals surface area contributed by atoms with Crippen molar-refractivity contribution in [1.29, 1.82) is 0 Å². The minimum absolute atomic E-state index is 0.000683. The van der Waals surface area contributed by atoms with Crippen LogP contribution in [0.4, 0.5) is 5.69 Å². The smallest absolute Gasteiger partial charge is 0.306 e. The predicted octanol–water partition coefficient (Wildman–Crippen LogP) is 4.69. The molecule has 2 fully saturated rings. The van der Waals surface area contributed by atoms with Gasteiger partial charge in [-0.25, -0.2) is 5.48 Å². The lowest BCUT2D eigenvalue weighted by atomic mass is 9.89. The predicted molar refractivity (Wildman–Crippen MR) is 340 cm³/mol. The fourth-order valence-electron chi connectivity index (χ4n) is 12.1. The number of nitrogens with zero attached hydrogens (tertiary/aromatic N) is 4. The maximum Gasteiger partial charge on any atom is 0.306 e. The van der Waals surface area contributed by atoms with Crippen molar-refractivity contribution in [3.63, 3.8) is 0 Å². The number of likely N-dealkylation sites (N-methyl/N-ethyl adjacent to an activating group) is 2. The summed E-state index contributed by atoms with van der Waals surface area (Å²) in [6, 6.07) is 10.4. The fourth-order valence-corrected chi connectivity index (χ4v) is 12.1. The van der Waals surface area contributed by atoms with Gasteiger partial charge in [0.05, 0.1) is 55.2 Å². The third kappa shape index (κ3) is 22.1. The van der Waals surface area contributed by atoms with Gasteiger partial charge in [0, 0.05) is 65.9 Å². The number of ether oxygens (including phenoxy) is 2. The number of piperidine rings is 1. The van der Waals surface area contributed by atoms with E-state index in [9.17, 15) is 53.1 Å². The van der Waals surface area contributed by atoms with Crippen LogP contribution in [0.2, 0.25) is 0 Å². The number of carboxylic acid groups (broad SMARTS) is 1. The van der Waals surface area contributed by atoms with E-state index in [1.54, 1.807) is 66.8 Å². The SMILES string of the molecule is CC[C@H](C)[C@@H]([C@@H](CC(=O)N1CCC[C@H]1[C@H](OC)[C@@H](C)C(=O)N[C@@H](Cc1ccccc1)C(=O)NOCc1ccc(NC(=O)[C@@H](C)NC(=O)[C@H](NC(=O)CCCC(=O)N2CCC(C(=O)O)CC2)C(C)C)cc1)OC)N(C)C(=O)[C@@H](NC(=O)[C@H](C(C)C)N(C)C)C(C)C. The van der Waals surface area contributed by atoms with Gasteiger partial charge < -0.3 is 55.9 Å². The number of benzene rings is 2. The molecule has 4 rings (SSSR count). The summed E-state index contributed by atoms with van der Waals surface area (Å²) in [6.07, 6.45) is 1.60. The van der Waals surface area contributed by atoms with E-state index in [1.807, 2.05) is 90.9 Å². The third-order valence-corrected chi connectivity index (χ3v) is 17.5. The molecule has 11 atom stereocenters. The Labute approximate surface area is 532 Å². The van der Waals surface area contributed by atoms with Crippen LogP contribution in [0.15, 0.2) is 54.6 Å². The van der Waals surface area contributed by atoms with Crippen molar-refractivity contribution in [2.45, 2.75) is 195 Å². The summed E-state index contributed by atoms with van der Waals surface area (Å²) in [4.78, 5) is 147. The zero-order valence-corrected chi connectivity index (χ0v) is 55.8. The van der Waals surface area contributed by atoms with Crippen LogP contribution < -0.4 is 32.1 Å². The Morgan fingerprint density at radius 3 is 1.84 bits per heavy atom. The highest BCUT2D eigenvalue weighted by Crippen LogP contribution is 2.30. The molecule has 2 aliphatic heterocycles. The van der Waals surface area contributed by atoms with E-state index in [1.165, 1.54) is 21.1 Å². The summed E-state index contributed by atoms with van der Waals surface area (Å²) < 4.78 is 12.1. The number of rotatable bonds is 35. The molecule has 0 saturated carbocycles. The quantitative estimate of drug-likeness (QED) is 0.0461. The Bertz CT molecular complexity index is 2680. The number of hydrogen-bond donors (Lipinski definition) is 7. The van der Waals surface area contributed by atoms with Gasteiger partial charge in [-0.05, 0) is 100 Å². The highest BCUT2D eigenvalue weighted by atomic mass is 16.7. The molecule has 90 heavy (non-hydrogen) atoms. The Morgan fingerprint density at radius 1 is 0.656 bits per heavy atom. The normalized spacial score (nSPS) is 17.9. The lowest BCUT2D eigenvalue weighted by Crippen LogP contribution is -2.59. The van der Waals surface area contributed by atoms with Crippen molar-refractivity contribution in [2.75, 3.05) is 60.3 Å². The largest absolute Gasteiger partial charge is 0.481 e. The van der Waals surface area contributed by atoms with Crippen molar-refractivity contribution in [1.82, 2.24) is 46.3 Å². The van der Waals surface area contributed by atoms with E-state index in [4.69, 9.17) is 14.3 Å². The Kier molecular flexibility index (Phi) is 30.8. The molecule has 0 spiro atoms. The molecule has 2 aromatic rings. The van der Waals surface area contributed by atoms with Crippen LogP contribution in [0.3, 0.4) is 0 Å². The Hall–Kier alpha value is -7.02. The number of hydroxylamine groups is 1. The van der Waals surface area contributed by atoms with Gasteiger partial charge in [0.2, 0.25) is 47.3 Å². The maximum atomic E-state index is 14.6. The second-order valence-corrected chi connectivity index (χ2v) is 25.5. The Morgan fingerprint density at radius 2 is 1.29 bits per heavy atom. The van der Waals surface area contributed by atoms with E-state index < -0.39 is 102 Å². The van der Waals surface area contributed by atoms with Gasteiger partial charge >= 0.3 is 5.97 Å². The van der Waals surface area contributed by atoms with Crippen LogP contribution in [0.25, 0.3) is 0 Å². The number of likely N-dealkylation sites (tertiary alicyclic amines) is 2. The van der Waals surface area contributed by atoms with Gasteiger partial charge in [0.25, 0.3) is 5.91 Å². The summed E-state index contributed by atoms with van der Waals surface area (Å²) in [5, 5.41) is 23.3. The zero-order valence-electron chi connectivity index (χ0n) is 55.8. The first kappa shape index (κ1) is 75.4. The number of carboxylic acids is 1. The maximum absolute atomic E-state index is 14.6. The monoisotopic (exact) mass is 1260 g/mol. The van der Waals surface area contributed by atoms with Gasteiger partial charge in [0.1, 0.15) is 24.2 Å². The number of nitrogens with one attached hydrogen (secondary N) is 6. The molecule has 7 N–H and O–H groups in total. The van der Waals surface area contributed by atoms with E-state index in [-0.39, 0.29) is 86.0 Å². The number of carbonyl (C=O) groups is 10. The molecule has 0 aliphatic carbocycles. The molecule has 0 unspecified atom stereocenters. The van der Waals surface area contributed by atoms with Gasteiger partial charge in [0.15, 0.2) is 0 Å². The zero-order chi connectivity index (χ0) is 67.1. The van der Waals surface area contributed by atoms with Crippen LogP contribution in [-0.2, 0) is 75.3 Å². The molecule has 2 heterocycles. The van der Waals surface area contributed by atoms with E-state index in [2.05, 4.69) is 32.1 Å². The van der Waals surface area contributed by atoms with E-state index in [0.29, 0.717) is 63.0 Å². The van der Waals surface area contributed by atoms with Gasteiger partial charge in [-0.1, -0.05) is 111 Å². The summed E-state index contributed by atoms with van der Waals surface area (Å²) in [5.74, 6) is -6.32. The average Bonchev–Trinajstić information content (AvgIpc) is 1.79. The molecule has 24 nitrogen and oxygen atoms in total. The van der Waals surface area contributed by atoms with Crippen LogP contribution >= 0.6 is 0 Å². The summed E-state index contributed by atoms with van der Waals surface area (Å²) in [5.41, 5.74) is 4.29. The Balaban J connectivity index is 1.34. The highest BCUT2D eigenvalue weighted by molar-refractivity contribution is 5.98.